The van der Waals surface area contributed by atoms with Crippen molar-refractivity contribution < 1.29 is 24.0 Å². The molecule has 1 aromatic carbocycles. The second-order valence-corrected chi connectivity index (χ2v) is 17.2. The van der Waals surface area contributed by atoms with Crippen LogP contribution in [0.3, 0.4) is 0 Å². The number of piperidine rings is 1. The molecule has 1 atom stereocenters. The van der Waals surface area contributed by atoms with E-state index in [-0.39, 0.29) is 40.8 Å². The summed E-state index contributed by atoms with van der Waals surface area (Å²) in [6, 6.07) is 13.8. The minimum Gasteiger partial charge on any atom is -0.387 e. The smallest absolute Gasteiger partial charge is 0.262 e. The van der Waals surface area contributed by atoms with Crippen LogP contribution in [0.5, 0.6) is 0 Å². The summed E-state index contributed by atoms with van der Waals surface area (Å²) in [6.07, 6.45) is 12.0. The monoisotopic (exact) mass is 825 g/mol. The SMILES string of the molecule is CNc1cc(-c2ccc3cc(C#N)cnn23)ncc1-c1nnc(C23CCC(NC(=O)CCCCCNc4ccc5c(c4)C(=O)N(C4CCC(=O)NC4=O)C5=O)(CC2)CC3)s1. The third-order valence-corrected chi connectivity index (χ3v) is 13.9. The van der Waals surface area contributed by atoms with Gasteiger partial charge in [-0.15, -0.1) is 10.2 Å². The van der Waals surface area contributed by atoms with Crippen molar-refractivity contribution in [1.82, 2.24) is 40.3 Å². The molecular weight excluding hydrogens is 783 g/mol. The number of nitrogens with zero attached hydrogens (tertiary/aromatic N) is 7. The fraction of sp³-hybridized carbons (Fsp3) is 0.395. The van der Waals surface area contributed by atoms with Crippen LogP contribution in [0.25, 0.3) is 27.5 Å². The van der Waals surface area contributed by atoms with Gasteiger partial charge in [-0.3, -0.25) is 39.2 Å². The van der Waals surface area contributed by atoms with Gasteiger partial charge in [0.1, 0.15) is 17.1 Å². The average Bonchev–Trinajstić information content (AvgIpc) is 3.99. The maximum atomic E-state index is 13.2. The second-order valence-electron chi connectivity index (χ2n) is 16.2. The number of imide groups is 2. The number of unbranched alkanes of at least 4 members (excludes halogenated alkanes) is 2. The fourth-order valence-electron chi connectivity index (χ4n) is 9.23. The number of carbonyl (C=O) groups is 5. The van der Waals surface area contributed by atoms with Gasteiger partial charge in [0, 0.05) is 55.0 Å². The number of nitrogens with one attached hydrogen (secondary N) is 4. The quantitative estimate of drug-likeness (QED) is 0.0872. The summed E-state index contributed by atoms with van der Waals surface area (Å²) in [5, 5.41) is 37.2. The minimum absolute atomic E-state index is 0.0457. The minimum atomic E-state index is -0.996. The van der Waals surface area contributed by atoms with Gasteiger partial charge in [-0.1, -0.05) is 17.8 Å². The van der Waals surface area contributed by atoms with E-state index in [9.17, 15) is 29.2 Å². The first-order valence-corrected chi connectivity index (χ1v) is 21.2. The third-order valence-electron chi connectivity index (χ3n) is 12.7. The number of benzene rings is 1. The van der Waals surface area contributed by atoms with Gasteiger partial charge in [-0.05, 0) is 100 Å². The molecule has 5 aliphatic rings. The largest absolute Gasteiger partial charge is 0.387 e. The van der Waals surface area contributed by atoms with E-state index in [2.05, 4.69) is 37.5 Å². The topological polar surface area (TPSA) is 216 Å². The molecular formula is C43H43N11O5S. The normalized spacial score (nSPS) is 22.1. The highest BCUT2D eigenvalue weighted by molar-refractivity contribution is 7.14. The van der Waals surface area contributed by atoms with Crippen molar-refractivity contribution in [3.05, 3.63) is 76.6 Å². The molecule has 3 saturated carbocycles. The maximum absolute atomic E-state index is 13.2. The van der Waals surface area contributed by atoms with Gasteiger partial charge in [0.05, 0.1) is 45.4 Å². The number of carbonyl (C=O) groups excluding carboxylic acids is 5. The zero-order chi connectivity index (χ0) is 41.6. The zero-order valence-corrected chi connectivity index (χ0v) is 33.9. The molecule has 4 aromatic heterocycles. The molecule has 1 unspecified atom stereocenters. The second kappa shape index (κ2) is 15.6. The molecule has 60 heavy (non-hydrogen) atoms. The van der Waals surface area contributed by atoms with Gasteiger partial charge in [0.2, 0.25) is 17.7 Å². The molecule has 4 N–H and O–H groups in total. The van der Waals surface area contributed by atoms with E-state index in [1.807, 2.05) is 31.4 Å². The van der Waals surface area contributed by atoms with Crippen LogP contribution in [0.2, 0.25) is 0 Å². The van der Waals surface area contributed by atoms with Crippen LogP contribution < -0.4 is 21.3 Å². The number of fused-ring (bicyclic) bond motifs is 5. The van der Waals surface area contributed by atoms with Crippen molar-refractivity contribution in [2.45, 2.75) is 94.0 Å². The lowest BCUT2D eigenvalue weighted by Crippen LogP contribution is -2.57. The highest BCUT2D eigenvalue weighted by Gasteiger charge is 2.51. The van der Waals surface area contributed by atoms with E-state index < -0.39 is 29.7 Å². The molecule has 16 nitrogen and oxygen atoms in total. The average molecular weight is 826 g/mol. The lowest BCUT2D eigenvalue weighted by Gasteiger charge is -2.52. The van der Waals surface area contributed by atoms with Crippen LogP contribution in [-0.4, -0.2) is 84.4 Å². The van der Waals surface area contributed by atoms with Crippen LogP contribution in [0.1, 0.15) is 108 Å². The molecule has 5 aromatic rings. The Morgan fingerprint density at radius 3 is 2.50 bits per heavy atom. The number of rotatable bonds is 13. The molecule has 3 aliphatic carbocycles. The molecule has 1 saturated heterocycles. The highest BCUT2D eigenvalue weighted by atomic mass is 32.1. The number of amides is 5. The zero-order valence-electron chi connectivity index (χ0n) is 33.0. The van der Waals surface area contributed by atoms with E-state index >= 15 is 0 Å². The maximum Gasteiger partial charge on any atom is 0.262 e. The van der Waals surface area contributed by atoms with Crippen molar-refractivity contribution in [1.29, 1.82) is 5.26 Å². The predicted octanol–water partition coefficient (Wildman–Crippen LogP) is 5.36. The van der Waals surface area contributed by atoms with Crippen molar-refractivity contribution in [3.8, 4) is 28.0 Å². The summed E-state index contributed by atoms with van der Waals surface area (Å²) in [5.41, 5.74) is 5.59. The number of nitriles is 1. The molecule has 4 fully saturated rings. The molecule has 0 radical (unpaired) electrons. The van der Waals surface area contributed by atoms with E-state index in [0.717, 1.165) is 101 Å². The van der Waals surface area contributed by atoms with Crippen molar-refractivity contribution >= 4 is 57.8 Å². The number of anilines is 2. The lowest BCUT2D eigenvalue weighted by molar-refractivity contribution is -0.136. The Balaban J connectivity index is 0.737. The summed E-state index contributed by atoms with van der Waals surface area (Å²) < 4.78 is 1.78. The van der Waals surface area contributed by atoms with Crippen LogP contribution in [0, 0.1) is 11.3 Å². The Hall–Kier alpha value is -6.54. The number of pyridine rings is 1. The predicted molar refractivity (Wildman–Crippen MR) is 222 cm³/mol. The summed E-state index contributed by atoms with van der Waals surface area (Å²) in [4.78, 5) is 68.9. The Bertz CT molecular complexity index is 2600. The summed E-state index contributed by atoms with van der Waals surface area (Å²) in [7, 11) is 1.87. The number of aromatic nitrogens is 5. The molecule has 6 heterocycles. The van der Waals surface area contributed by atoms with Gasteiger partial charge < -0.3 is 16.0 Å². The Morgan fingerprint density at radius 2 is 1.73 bits per heavy atom. The van der Waals surface area contributed by atoms with E-state index in [1.165, 1.54) is 0 Å². The van der Waals surface area contributed by atoms with Gasteiger partial charge >= 0.3 is 0 Å². The molecule has 10 rings (SSSR count). The summed E-state index contributed by atoms with van der Waals surface area (Å²) in [5.74, 6) is -2.02. The van der Waals surface area contributed by atoms with Crippen LogP contribution in [0.15, 0.2) is 54.9 Å². The van der Waals surface area contributed by atoms with Gasteiger partial charge in [0.25, 0.3) is 11.8 Å². The van der Waals surface area contributed by atoms with Crippen LogP contribution in [0.4, 0.5) is 11.4 Å². The van der Waals surface area contributed by atoms with E-state index in [0.29, 0.717) is 24.2 Å². The number of hydrogen-bond donors (Lipinski definition) is 4. The van der Waals surface area contributed by atoms with Crippen LogP contribution in [-0.2, 0) is 19.8 Å². The van der Waals surface area contributed by atoms with Gasteiger partial charge in [-0.25, -0.2) is 4.52 Å². The highest BCUT2D eigenvalue weighted by Crippen LogP contribution is 2.54. The summed E-state index contributed by atoms with van der Waals surface area (Å²) in [6.45, 7) is 0.630. The first kappa shape index (κ1) is 38.9. The molecule has 5 amide bonds. The molecule has 2 bridgehead atoms. The standard InChI is InChI=1S/C43H43N11O5S/c1-45-31-21-32(33-9-7-27-19-25(22-44)23-48-54(27)33)47-24-30(31)38-51-52-41(60-38)42-12-15-43(16-13-42,17-14-42)50-36(56)5-3-2-4-18-46-26-6-8-28-29(20-26)40(59)53(39(28)58)34-10-11-35(55)49-37(34)57/h6-9,19-21,23-24,34,46H,2-5,10-18H2,1H3,(H,45,47)(H,50,56)(H,49,55,57). The van der Waals surface area contributed by atoms with Crippen molar-refractivity contribution in [3.63, 3.8) is 0 Å². The lowest BCUT2D eigenvalue weighted by atomic mass is 9.57. The summed E-state index contributed by atoms with van der Waals surface area (Å²) >= 11 is 1.62. The molecule has 17 heteroatoms. The Labute approximate surface area is 349 Å². The van der Waals surface area contributed by atoms with Gasteiger partial charge in [0.15, 0.2) is 5.01 Å². The first-order valence-electron chi connectivity index (χ1n) is 20.4. The third kappa shape index (κ3) is 7.04. The van der Waals surface area contributed by atoms with E-state index in [4.69, 9.17) is 10.1 Å². The van der Waals surface area contributed by atoms with Crippen molar-refractivity contribution in [2.24, 2.45) is 0 Å². The molecule has 306 valence electrons. The van der Waals surface area contributed by atoms with Crippen molar-refractivity contribution in [2.75, 3.05) is 24.2 Å². The Kier molecular flexibility index (Phi) is 10.1. The van der Waals surface area contributed by atoms with E-state index in [1.54, 1.807) is 46.3 Å². The van der Waals surface area contributed by atoms with Crippen LogP contribution >= 0.6 is 11.3 Å². The molecule has 2 aliphatic heterocycles. The van der Waals surface area contributed by atoms with Gasteiger partial charge in [-0.2, -0.15) is 10.4 Å². The fourth-order valence-corrected chi connectivity index (χ4v) is 10.4. The first-order chi connectivity index (χ1) is 29.1. The molecule has 0 spiro atoms. The number of hydrogen-bond acceptors (Lipinski definition) is 13. The Morgan fingerprint density at radius 1 is 0.933 bits per heavy atom.